The van der Waals surface area contributed by atoms with E-state index in [9.17, 15) is 0 Å². The maximum Gasteiger partial charge on any atom is 0.0355 e. The van der Waals surface area contributed by atoms with Crippen LogP contribution < -0.4 is 0 Å². The fraction of sp³-hybridized carbons (Fsp3) is 0.0588. The van der Waals surface area contributed by atoms with Crippen LogP contribution in [0.2, 0.25) is 0 Å². The molecule has 1 heteroatoms. The van der Waals surface area contributed by atoms with E-state index in [1.165, 1.54) is 108 Å². The van der Waals surface area contributed by atoms with Crippen molar-refractivity contribution in [2.75, 3.05) is 0 Å². The minimum absolute atomic E-state index is 0.128. The van der Waals surface area contributed by atoms with Crippen molar-refractivity contribution in [3.63, 3.8) is 0 Å². The van der Waals surface area contributed by atoms with Gasteiger partial charge >= 0.3 is 0 Å². The first-order valence-electron chi connectivity index (χ1n) is 18.2. The van der Waals surface area contributed by atoms with Crippen LogP contribution in [0, 0.1) is 0 Å². The van der Waals surface area contributed by atoms with Gasteiger partial charge in [0.25, 0.3) is 0 Å². The molecular weight excluding hydrogens is 645 g/mol. The highest BCUT2D eigenvalue weighted by atomic mass is 32.1. The van der Waals surface area contributed by atoms with Gasteiger partial charge in [0, 0.05) is 25.6 Å². The van der Waals surface area contributed by atoms with Gasteiger partial charge in [0.1, 0.15) is 0 Å². The standard InChI is InChI=1S/C51H34S/c1-51(2)44-27-25-31-13-3-4-16-35(31)49(44)42-23-12-22-36(50(42)51)32-14-11-15-33(29-32)47-38-18-5-7-20-40(38)48(41-21-8-6-19-39(41)47)34-26-28-46-43(30-34)37-17-9-10-24-45(37)52-46/h3-30H,1-2H3. The van der Waals surface area contributed by atoms with Crippen LogP contribution >= 0.6 is 11.3 Å². The molecule has 0 N–H and O–H groups in total. The maximum atomic E-state index is 2.43. The third-order valence-corrected chi connectivity index (χ3v) is 12.8. The van der Waals surface area contributed by atoms with Crippen molar-refractivity contribution in [3.8, 4) is 44.5 Å². The largest absolute Gasteiger partial charge is 0.135 e. The summed E-state index contributed by atoms with van der Waals surface area (Å²) >= 11 is 1.88. The predicted molar refractivity (Wildman–Crippen MR) is 226 cm³/mol. The van der Waals surface area contributed by atoms with Gasteiger partial charge in [-0.1, -0.05) is 159 Å². The van der Waals surface area contributed by atoms with E-state index in [4.69, 9.17) is 0 Å². The fourth-order valence-corrected chi connectivity index (χ4v) is 10.5. The molecule has 0 nitrogen and oxygen atoms in total. The SMILES string of the molecule is CC1(C)c2ccc3ccccc3c2-c2cccc(-c3cccc(-c4c5ccccc5c(-c5ccc6sc7ccccc7c6c5)c5ccccc45)c3)c21. The molecule has 0 fully saturated rings. The van der Waals surface area contributed by atoms with E-state index in [0.717, 1.165) is 0 Å². The average Bonchev–Trinajstić information content (AvgIpc) is 3.68. The molecule has 10 aromatic rings. The summed E-state index contributed by atoms with van der Waals surface area (Å²) < 4.78 is 2.67. The van der Waals surface area contributed by atoms with Crippen LogP contribution in [0.3, 0.4) is 0 Å². The van der Waals surface area contributed by atoms with Gasteiger partial charge in [-0.05, 0) is 112 Å². The number of benzene rings is 9. The van der Waals surface area contributed by atoms with Gasteiger partial charge in [0.05, 0.1) is 0 Å². The summed E-state index contributed by atoms with van der Waals surface area (Å²) in [6.45, 7) is 4.80. The zero-order chi connectivity index (χ0) is 34.6. The Kier molecular flexibility index (Phi) is 6.27. The van der Waals surface area contributed by atoms with E-state index >= 15 is 0 Å². The highest BCUT2D eigenvalue weighted by Gasteiger charge is 2.38. The molecule has 11 rings (SSSR count). The lowest BCUT2D eigenvalue weighted by atomic mass is 9.78. The van der Waals surface area contributed by atoms with Crippen LogP contribution in [0.5, 0.6) is 0 Å². The second-order valence-electron chi connectivity index (χ2n) is 14.8. The molecule has 0 saturated heterocycles. The lowest BCUT2D eigenvalue weighted by Gasteiger charge is -2.25. The van der Waals surface area contributed by atoms with Gasteiger partial charge < -0.3 is 0 Å². The summed E-state index contributed by atoms with van der Waals surface area (Å²) in [6.07, 6.45) is 0. The predicted octanol–water partition coefficient (Wildman–Crippen LogP) is 14.8. The van der Waals surface area contributed by atoms with Crippen molar-refractivity contribution < 1.29 is 0 Å². The summed E-state index contributed by atoms with van der Waals surface area (Å²) in [4.78, 5) is 0. The van der Waals surface area contributed by atoms with E-state index in [2.05, 4.69) is 184 Å². The minimum atomic E-state index is -0.128. The number of hydrogen-bond donors (Lipinski definition) is 0. The molecule has 0 amide bonds. The van der Waals surface area contributed by atoms with Crippen LogP contribution in [-0.4, -0.2) is 0 Å². The Morgan fingerprint density at radius 2 is 0.923 bits per heavy atom. The second kappa shape index (κ2) is 11.0. The molecule has 0 unspecified atom stereocenters. The van der Waals surface area contributed by atoms with Crippen LogP contribution in [0.15, 0.2) is 170 Å². The number of rotatable bonds is 3. The Labute approximate surface area is 307 Å². The number of hydrogen-bond acceptors (Lipinski definition) is 1. The second-order valence-corrected chi connectivity index (χ2v) is 15.9. The molecule has 244 valence electrons. The van der Waals surface area contributed by atoms with E-state index in [-0.39, 0.29) is 5.41 Å². The first kappa shape index (κ1) is 29.7. The normalized spacial score (nSPS) is 13.3. The lowest BCUT2D eigenvalue weighted by molar-refractivity contribution is 0.662. The van der Waals surface area contributed by atoms with E-state index in [0.29, 0.717) is 0 Å². The summed E-state index contributed by atoms with van der Waals surface area (Å²) in [5.74, 6) is 0. The quantitative estimate of drug-likeness (QED) is 0.163. The van der Waals surface area contributed by atoms with E-state index in [1.807, 2.05) is 11.3 Å². The average molecular weight is 679 g/mol. The molecule has 1 aliphatic carbocycles. The smallest absolute Gasteiger partial charge is 0.0355 e. The first-order chi connectivity index (χ1) is 25.6. The molecule has 9 aromatic carbocycles. The van der Waals surface area contributed by atoms with E-state index < -0.39 is 0 Å². The van der Waals surface area contributed by atoms with Gasteiger partial charge in [0.15, 0.2) is 0 Å². The Morgan fingerprint density at radius 3 is 1.65 bits per heavy atom. The lowest BCUT2D eigenvalue weighted by Crippen LogP contribution is -2.16. The van der Waals surface area contributed by atoms with Gasteiger partial charge in [0.2, 0.25) is 0 Å². The van der Waals surface area contributed by atoms with Gasteiger partial charge in [-0.25, -0.2) is 0 Å². The molecule has 0 bridgehead atoms. The van der Waals surface area contributed by atoms with Gasteiger partial charge in [-0.3, -0.25) is 0 Å². The van der Waals surface area contributed by atoms with Gasteiger partial charge in [-0.15, -0.1) is 11.3 Å². The van der Waals surface area contributed by atoms with Crippen LogP contribution in [0.1, 0.15) is 25.0 Å². The third kappa shape index (κ3) is 4.15. The van der Waals surface area contributed by atoms with Crippen LogP contribution in [0.4, 0.5) is 0 Å². The van der Waals surface area contributed by atoms with Crippen LogP contribution in [-0.2, 0) is 5.41 Å². The minimum Gasteiger partial charge on any atom is -0.135 e. The van der Waals surface area contributed by atoms with Crippen molar-refractivity contribution in [3.05, 3.63) is 181 Å². The molecule has 1 aromatic heterocycles. The Bertz CT molecular complexity index is 3040. The topological polar surface area (TPSA) is 0 Å². The molecular formula is C51H34S. The van der Waals surface area contributed by atoms with Crippen molar-refractivity contribution in [1.82, 2.24) is 0 Å². The molecule has 0 aliphatic heterocycles. The van der Waals surface area contributed by atoms with Crippen LogP contribution in [0.25, 0.3) is 97.0 Å². The monoisotopic (exact) mass is 678 g/mol. The molecule has 0 spiro atoms. The summed E-state index contributed by atoms with van der Waals surface area (Å²) in [6, 6.07) is 63.6. The zero-order valence-electron chi connectivity index (χ0n) is 29.1. The van der Waals surface area contributed by atoms with E-state index in [1.54, 1.807) is 0 Å². The molecule has 1 heterocycles. The molecule has 52 heavy (non-hydrogen) atoms. The number of fused-ring (bicyclic) bond motifs is 10. The third-order valence-electron chi connectivity index (χ3n) is 11.6. The molecule has 0 saturated carbocycles. The Morgan fingerprint density at radius 1 is 0.365 bits per heavy atom. The van der Waals surface area contributed by atoms with Crippen molar-refractivity contribution in [1.29, 1.82) is 0 Å². The highest BCUT2D eigenvalue weighted by molar-refractivity contribution is 7.25. The zero-order valence-corrected chi connectivity index (χ0v) is 29.9. The van der Waals surface area contributed by atoms with Crippen molar-refractivity contribution >= 4 is 63.8 Å². The fourth-order valence-electron chi connectivity index (χ4n) is 9.37. The maximum absolute atomic E-state index is 2.43. The number of thiophene rings is 1. The van der Waals surface area contributed by atoms with Gasteiger partial charge in [-0.2, -0.15) is 0 Å². The summed E-state index contributed by atoms with van der Waals surface area (Å²) in [7, 11) is 0. The first-order valence-corrected chi connectivity index (χ1v) is 19.0. The molecule has 0 atom stereocenters. The molecule has 0 radical (unpaired) electrons. The summed E-state index contributed by atoms with van der Waals surface area (Å²) in [5, 5.41) is 10.4. The Balaban J connectivity index is 1.14. The highest BCUT2D eigenvalue weighted by Crippen LogP contribution is 2.54. The van der Waals surface area contributed by atoms with Crippen molar-refractivity contribution in [2.24, 2.45) is 0 Å². The summed E-state index contributed by atoms with van der Waals surface area (Å²) in [5.41, 5.74) is 13.1. The van der Waals surface area contributed by atoms with Crippen molar-refractivity contribution in [2.45, 2.75) is 19.3 Å². The molecule has 1 aliphatic rings. The Hall–Kier alpha value is -6.02.